The number of alkyl halides is 3. The lowest BCUT2D eigenvalue weighted by Crippen LogP contribution is -2.10. The predicted octanol–water partition coefficient (Wildman–Crippen LogP) is 2.80. The van der Waals surface area contributed by atoms with Crippen molar-refractivity contribution in [3.63, 3.8) is 0 Å². The maximum absolute atomic E-state index is 13.3. The second kappa shape index (κ2) is 6.01. The molecule has 0 aromatic carbocycles. The van der Waals surface area contributed by atoms with E-state index >= 15 is 0 Å². The number of aryl methyl sites for hydroxylation is 3. The molecule has 4 aromatic rings. The molecule has 11 heteroatoms. The van der Waals surface area contributed by atoms with Crippen LogP contribution < -0.4 is 5.73 Å². The number of aromatic nitrogens is 7. The Kier molecular flexibility index (Phi) is 3.84. The van der Waals surface area contributed by atoms with Crippen molar-refractivity contribution in [3.8, 4) is 22.5 Å². The number of hydrogen-bond donors (Lipinski definition) is 1. The van der Waals surface area contributed by atoms with Crippen LogP contribution in [-0.2, 0) is 13.2 Å². The van der Waals surface area contributed by atoms with Gasteiger partial charge in [0, 0.05) is 18.9 Å². The number of nitrogens with zero attached hydrogens (tertiary/aromatic N) is 7. The first-order chi connectivity index (χ1) is 13.1. The average molecular weight is 388 g/mol. The monoisotopic (exact) mass is 388 g/mol. The van der Waals surface area contributed by atoms with E-state index in [9.17, 15) is 13.2 Å². The van der Waals surface area contributed by atoms with Crippen molar-refractivity contribution in [1.82, 2.24) is 34.3 Å². The number of nitrogens with two attached hydrogens (primary N) is 1. The highest BCUT2D eigenvalue weighted by molar-refractivity contribution is 5.90. The number of hydrogen-bond acceptors (Lipinski definition) is 6. The van der Waals surface area contributed by atoms with Gasteiger partial charge in [0.15, 0.2) is 5.65 Å². The summed E-state index contributed by atoms with van der Waals surface area (Å²) < 4.78 is 42.8. The number of rotatable bonds is 2. The Morgan fingerprint density at radius 3 is 2.43 bits per heavy atom. The van der Waals surface area contributed by atoms with Crippen molar-refractivity contribution in [2.75, 3.05) is 5.73 Å². The van der Waals surface area contributed by atoms with Gasteiger partial charge in [-0.25, -0.2) is 15.0 Å². The van der Waals surface area contributed by atoms with Crippen LogP contribution in [0.25, 0.3) is 28.2 Å². The van der Waals surface area contributed by atoms with Crippen molar-refractivity contribution >= 4 is 11.6 Å². The van der Waals surface area contributed by atoms with Gasteiger partial charge in [-0.05, 0) is 37.6 Å². The van der Waals surface area contributed by atoms with Crippen LogP contribution in [-0.4, -0.2) is 34.3 Å². The van der Waals surface area contributed by atoms with E-state index in [0.29, 0.717) is 28.4 Å². The molecule has 0 atom stereocenters. The Morgan fingerprint density at radius 1 is 1.04 bits per heavy atom. The predicted molar refractivity (Wildman–Crippen MR) is 95.1 cm³/mol. The van der Waals surface area contributed by atoms with Gasteiger partial charge < -0.3 is 5.73 Å². The maximum Gasteiger partial charge on any atom is 0.433 e. The molecule has 0 bridgehead atoms. The zero-order valence-corrected chi connectivity index (χ0v) is 15.2. The molecule has 0 aliphatic heterocycles. The van der Waals surface area contributed by atoms with Crippen molar-refractivity contribution in [3.05, 3.63) is 41.6 Å². The average Bonchev–Trinajstić information content (AvgIpc) is 3.19. The molecule has 4 rings (SSSR count). The summed E-state index contributed by atoms with van der Waals surface area (Å²) in [5, 5.41) is 8.51. The Morgan fingerprint density at radius 2 is 1.79 bits per heavy atom. The van der Waals surface area contributed by atoms with Crippen LogP contribution in [0.3, 0.4) is 0 Å². The molecular weight excluding hydrogens is 373 g/mol. The topological polar surface area (TPSA) is 99.8 Å². The molecule has 0 amide bonds. The van der Waals surface area contributed by atoms with Gasteiger partial charge in [-0.1, -0.05) is 0 Å². The summed E-state index contributed by atoms with van der Waals surface area (Å²) in [6, 6.07) is 4.21. The molecule has 0 fully saturated rings. The van der Waals surface area contributed by atoms with Crippen LogP contribution in [0, 0.1) is 13.8 Å². The normalized spacial score (nSPS) is 12.1. The quantitative estimate of drug-likeness (QED) is 0.567. The molecule has 0 saturated heterocycles. The van der Waals surface area contributed by atoms with Gasteiger partial charge in [0.1, 0.15) is 22.9 Å². The fourth-order valence-electron chi connectivity index (χ4n) is 3.01. The largest absolute Gasteiger partial charge is 0.433 e. The molecule has 0 saturated carbocycles. The Bertz CT molecular complexity index is 1210. The van der Waals surface area contributed by atoms with Gasteiger partial charge in [0.05, 0.1) is 5.56 Å². The smallest absolute Gasteiger partial charge is 0.368 e. The SMILES string of the molecule is Cc1cc(-c2c(-c3ccn(C)n3)nc(N)n3nc(C)nc23)cc(C(F)(F)F)n1. The molecule has 0 radical (unpaired) electrons. The van der Waals surface area contributed by atoms with E-state index in [-0.39, 0.29) is 17.2 Å². The molecule has 2 N–H and O–H groups in total. The zero-order chi connectivity index (χ0) is 20.2. The lowest BCUT2D eigenvalue weighted by Gasteiger charge is -2.13. The van der Waals surface area contributed by atoms with Gasteiger partial charge in [-0.15, -0.1) is 5.10 Å². The molecule has 4 aromatic heterocycles. The van der Waals surface area contributed by atoms with E-state index in [1.54, 1.807) is 37.0 Å². The third kappa shape index (κ3) is 2.94. The van der Waals surface area contributed by atoms with Crippen LogP contribution >= 0.6 is 0 Å². The van der Waals surface area contributed by atoms with Crippen LogP contribution in [0.1, 0.15) is 17.2 Å². The highest BCUT2D eigenvalue weighted by Gasteiger charge is 2.33. The molecule has 144 valence electrons. The van der Waals surface area contributed by atoms with Gasteiger partial charge in [0.2, 0.25) is 5.95 Å². The molecule has 8 nitrogen and oxygen atoms in total. The van der Waals surface area contributed by atoms with E-state index in [1.165, 1.54) is 11.4 Å². The highest BCUT2D eigenvalue weighted by atomic mass is 19.4. The molecule has 28 heavy (non-hydrogen) atoms. The van der Waals surface area contributed by atoms with E-state index in [2.05, 4.69) is 25.1 Å². The van der Waals surface area contributed by atoms with Crippen LogP contribution in [0.5, 0.6) is 0 Å². The standard InChI is InChI=1S/C17H15F3N8/c1-8-6-10(7-12(22-8)17(18,19)20)13-14(11-4-5-27(3)26-11)24-16(21)28-15(13)23-9(2)25-28/h4-7H,1-3H3,(H2,21,24). The molecule has 4 heterocycles. The summed E-state index contributed by atoms with van der Waals surface area (Å²) >= 11 is 0. The fourth-order valence-corrected chi connectivity index (χ4v) is 3.01. The van der Waals surface area contributed by atoms with Crippen molar-refractivity contribution < 1.29 is 13.2 Å². The Hall–Kier alpha value is -3.50. The summed E-state index contributed by atoms with van der Waals surface area (Å²) in [7, 11) is 1.73. The Balaban J connectivity index is 2.11. The van der Waals surface area contributed by atoms with Crippen molar-refractivity contribution in [1.29, 1.82) is 0 Å². The van der Waals surface area contributed by atoms with Crippen molar-refractivity contribution in [2.24, 2.45) is 7.05 Å². The first-order valence-electron chi connectivity index (χ1n) is 8.22. The fraction of sp³-hybridized carbons (Fsp3) is 0.235. The molecule has 0 unspecified atom stereocenters. The number of nitrogen functional groups attached to an aromatic ring is 1. The summed E-state index contributed by atoms with van der Waals surface area (Å²) in [5.41, 5.74) is 6.90. The number of anilines is 1. The third-order valence-corrected chi connectivity index (χ3v) is 4.11. The third-order valence-electron chi connectivity index (χ3n) is 4.11. The van der Waals surface area contributed by atoms with E-state index in [1.807, 2.05) is 0 Å². The van der Waals surface area contributed by atoms with Crippen LogP contribution in [0.4, 0.5) is 19.1 Å². The highest BCUT2D eigenvalue weighted by Crippen LogP contribution is 2.37. The second-order valence-corrected chi connectivity index (χ2v) is 6.34. The molecule has 0 aliphatic rings. The van der Waals surface area contributed by atoms with E-state index in [4.69, 9.17) is 5.73 Å². The van der Waals surface area contributed by atoms with Gasteiger partial charge >= 0.3 is 6.18 Å². The van der Waals surface area contributed by atoms with Gasteiger partial charge in [0.25, 0.3) is 0 Å². The van der Waals surface area contributed by atoms with Gasteiger partial charge in [-0.3, -0.25) is 4.68 Å². The summed E-state index contributed by atoms with van der Waals surface area (Å²) in [5.74, 6) is 0.469. The second-order valence-electron chi connectivity index (χ2n) is 6.34. The molecule has 0 aliphatic carbocycles. The number of fused-ring (bicyclic) bond motifs is 1. The minimum absolute atomic E-state index is 0.0572. The van der Waals surface area contributed by atoms with E-state index < -0.39 is 11.9 Å². The van der Waals surface area contributed by atoms with Gasteiger partial charge in [-0.2, -0.15) is 22.8 Å². The van der Waals surface area contributed by atoms with Crippen LogP contribution in [0.15, 0.2) is 24.4 Å². The minimum atomic E-state index is -4.59. The Labute approximate surface area is 156 Å². The van der Waals surface area contributed by atoms with Crippen LogP contribution in [0.2, 0.25) is 0 Å². The lowest BCUT2D eigenvalue weighted by atomic mass is 10.0. The number of halogens is 3. The lowest BCUT2D eigenvalue weighted by molar-refractivity contribution is -0.141. The first kappa shape index (κ1) is 17.9. The van der Waals surface area contributed by atoms with E-state index in [0.717, 1.165) is 6.07 Å². The summed E-state index contributed by atoms with van der Waals surface area (Å²) in [6.07, 6.45) is -2.89. The van der Waals surface area contributed by atoms with Crippen molar-refractivity contribution in [2.45, 2.75) is 20.0 Å². The summed E-state index contributed by atoms with van der Waals surface area (Å²) in [6.45, 7) is 3.16. The molecule has 0 spiro atoms. The minimum Gasteiger partial charge on any atom is -0.368 e. The number of pyridine rings is 1. The summed E-state index contributed by atoms with van der Waals surface area (Å²) in [4.78, 5) is 12.3. The molecular formula is C17H15F3N8. The first-order valence-corrected chi connectivity index (χ1v) is 8.22. The zero-order valence-electron chi connectivity index (χ0n) is 15.2. The maximum atomic E-state index is 13.3.